The lowest BCUT2D eigenvalue weighted by atomic mass is 9.64. The number of allylic oxidation sites excluding steroid dienone is 8. The highest BCUT2D eigenvalue weighted by atomic mass is 32.2. The zero-order valence-electron chi connectivity index (χ0n) is 24.0. The summed E-state index contributed by atoms with van der Waals surface area (Å²) in [5, 5.41) is 9.77. The van der Waals surface area contributed by atoms with Gasteiger partial charge < -0.3 is 25.3 Å². The van der Waals surface area contributed by atoms with E-state index in [1.54, 1.807) is 0 Å². The van der Waals surface area contributed by atoms with E-state index in [-0.39, 0.29) is 11.8 Å². The summed E-state index contributed by atoms with van der Waals surface area (Å²) in [6.45, 7) is 4.82. The van der Waals surface area contributed by atoms with Gasteiger partial charge in [0.05, 0.1) is 11.6 Å². The molecule has 1 amide bonds. The van der Waals surface area contributed by atoms with E-state index in [4.69, 9.17) is 9.32 Å². The third-order valence-electron chi connectivity index (χ3n) is 9.78. The van der Waals surface area contributed by atoms with Crippen molar-refractivity contribution in [2.75, 3.05) is 6.54 Å². The molecular formula is C32H37N5O4S. The minimum atomic E-state index is -4.21. The van der Waals surface area contributed by atoms with Crippen molar-refractivity contribution in [2.45, 2.75) is 65.2 Å². The van der Waals surface area contributed by atoms with Crippen molar-refractivity contribution in [3.05, 3.63) is 92.7 Å². The molecule has 5 aliphatic rings. The first-order chi connectivity index (χ1) is 20.2. The van der Waals surface area contributed by atoms with Crippen molar-refractivity contribution in [1.29, 1.82) is 0 Å². The topological polar surface area (TPSA) is 138 Å². The highest BCUT2D eigenvalue weighted by molar-refractivity contribution is 7.84. The van der Waals surface area contributed by atoms with E-state index in [0.29, 0.717) is 12.3 Å². The molecule has 42 heavy (non-hydrogen) atoms. The molecule has 2 atom stereocenters. The molecule has 0 saturated carbocycles. The average molecular weight is 588 g/mol. The number of hydrogen-bond acceptors (Lipinski definition) is 6. The number of nitrogens with one attached hydrogen (secondary N) is 4. The number of rotatable bonds is 7. The van der Waals surface area contributed by atoms with Crippen molar-refractivity contribution in [2.24, 2.45) is 16.5 Å². The smallest absolute Gasteiger partial charge is 0.371 e. The van der Waals surface area contributed by atoms with Gasteiger partial charge in [0.15, 0.2) is 0 Å². The van der Waals surface area contributed by atoms with Crippen LogP contribution in [0.2, 0.25) is 0 Å². The van der Waals surface area contributed by atoms with Crippen LogP contribution in [0.3, 0.4) is 0 Å². The van der Waals surface area contributed by atoms with Gasteiger partial charge in [0.2, 0.25) is 5.91 Å². The van der Waals surface area contributed by atoms with E-state index in [1.807, 2.05) is 24.4 Å². The van der Waals surface area contributed by atoms with Crippen LogP contribution in [0.5, 0.6) is 0 Å². The molecule has 2 unspecified atom stereocenters. The minimum Gasteiger partial charge on any atom is -0.371 e. The number of amides is 1. The maximum Gasteiger partial charge on any atom is 0.380 e. The fourth-order valence-electron chi connectivity index (χ4n) is 7.94. The van der Waals surface area contributed by atoms with Gasteiger partial charge in [-0.15, -0.1) is 0 Å². The van der Waals surface area contributed by atoms with E-state index in [1.165, 1.54) is 22.1 Å². The fourth-order valence-corrected chi connectivity index (χ4v) is 8.32. The summed E-state index contributed by atoms with van der Waals surface area (Å²) in [6, 6.07) is 8.20. The van der Waals surface area contributed by atoms with Crippen LogP contribution in [0.1, 0.15) is 64.4 Å². The lowest BCUT2D eigenvalue weighted by molar-refractivity contribution is -0.123. The largest absolute Gasteiger partial charge is 0.380 e. The highest BCUT2D eigenvalue weighted by Crippen LogP contribution is 2.57. The normalized spacial score (nSPS) is 25.0. The van der Waals surface area contributed by atoms with Crippen molar-refractivity contribution in [1.82, 2.24) is 21.2 Å². The second kappa shape index (κ2) is 9.91. The number of hydrogen-bond donors (Lipinski definition) is 5. The zero-order chi connectivity index (χ0) is 29.2. The average Bonchev–Trinajstić information content (AvgIpc) is 3.66. The Labute approximate surface area is 246 Å². The number of fused-ring (bicyclic) bond motifs is 5. The molecule has 9 nitrogen and oxygen atoms in total. The van der Waals surface area contributed by atoms with Crippen LogP contribution in [-0.2, 0) is 25.7 Å². The van der Waals surface area contributed by atoms with Crippen LogP contribution in [0.4, 0.5) is 0 Å². The first-order valence-electron chi connectivity index (χ1n) is 14.9. The summed E-state index contributed by atoms with van der Waals surface area (Å²) in [6.07, 6.45) is 10.6. The molecular weight excluding hydrogens is 550 g/mol. The van der Waals surface area contributed by atoms with E-state index in [2.05, 4.69) is 47.1 Å². The molecule has 7 rings (SSSR count). The van der Waals surface area contributed by atoms with Gasteiger partial charge >= 0.3 is 10.3 Å². The molecule has 0 bridgehead atoms. The van der Waals surface area contributed by atoms with Crippen molar-refractivity contribution in [3.8, 4) is 0 Å². The third-order valence-corrected chi connectivity index (χ3v) is 10.2. The summed E-state index contributed by atoms with van der Waals surface area (Å²) in [7, 11) is -4.21. The summed E-state index contributed by atoms with van der Waals surface area (Å²) < 4.78 is 29.8. The molecule has 0 fully saturated rings. The number of aromatic amines is 1. The number of aromatic nitrogens is 1. The van der Waals surface area contributed by atoms with Crippen molar-refractivity contribution in [3.63, 3.8) is 0 Å². The molecule has 0 saturated heterocycles. The van der Waals surface area contributed by atoms with Gasteiger partial charge in [0.1, 0.15) is 5.76 Å². The summed E-state index contributed by atoms with van der Waals surface area (Å²) in [5.74, 6) is 0.140. The van der Waals surface area contributed by atoms with Crippen LogP contribution in [0.25, 0.3) is 10.9 Å². The van der Waals surface area contributed by atoms with E-state index < -0.39 is 15.7 Å². The Balaban J connectivity index is 1.17. The number of hydrazine groups is 1. The summed E-state index contributed by atoms with van der Waals surface area (Å²) >= 11 is 0. The van der Waals surface area contributed by atoms with E-state index >= 15 is 0 Å². The number of carbonyl (C=O) groups is 1. The Morgan fingerprint density at radius 3 is 2.86 bits per heavy atom. The van der Waals surface area contributed by atoms with Crippen LogP contribution < -0.4 is 21.3 Å². The Hall–Kier alpha value is -3.76. The Bertz CT molecular complexity index is 1790. The molecule has 6 N–H and O–H groups in total. The van der Waals surface area contributed by atoms with Crippen LogP contribution in [0.15, 0.2) is 87.1 Å². The monoisotopic (exact) mass is 587 g/mol. The van der Waals surface area contributed by atoms with Gasteiger partial charge in [-0.05, 0) is 87.1 Å². The maximum atomic E-state index is 13.5. The minimum absolute atomic E-state index is 0.0460. The zero-order valence-corrected chi connectivity index (χ0v) is 24.8. The molecule has 4 aliphatic carbocycles. The van der Waals surface area contributed by atoms with Crippen LogP contribution >= 0.6 is 0 Å². The van der Waals surface area contributed by atoms with E-state index in [9.17, 15) is 13.2 Å². The molecule has 10 heteroatoms. The first-order valence-corrected chi connectivity index (χ1v) is 16.4. The van der Waals surface area contributed by atoms with Gasteiger partial charge in [0, 0.05) is 45.9 Å². The standard InChI is InChI=1S/C32H37N5O4S/c1-3-18-7-6-13-32(2)28(18)26(41-42(33,39)40)16-24-23-15-19-10-11-22(27(19)29(23)36-37-30(24)32)31(38)34-14-12-20-17-35-25-9-5-4-8-21(20)25/h4-5,8-9,16-17,22,35-37H,3,6-7,10-15H2,1-2H3,(H,34,38)(H2,33,39,40). The molecule has 1 aromatic carbocycles. The summed E-state index contributed by atoms with van der Waals surface area (Å²) in [5.41, 5.74) is 17.3. The van der Waals surface area contributed by atoms with Crippen LogP contribution in [0, 0.1) is 11.3 Å². The van der Waals surface area contributed by atoms with Gasteiger partial charge in [-0.25, -0.2) is 0 Å². The molecule has 2 aromatic rings. The Morgan fingerprint density at radius 2 is 2.05 bits per heavy atom. The quantitative estimate of drug-likeness (QED) is 0.322. The second-order valence-electron chi connectivity index (χ2n) is 12.2. The predicted octanol–water partition coefficient (Wildman–Crippen LogP) is 4.57. The Morgan fingerprint density at radius 1 is 1.21 bits per heavy atom. The maximum absolute atomic E-state index is 13.5. The summed E-state index contributed by atoms with van der Waals surface area (Å²) in [4.78, 5) is 16.8. The van der Waals surface area contributed by atoms with E-state index in [0.717, 1.165) is 90.6 Å². The Kier molecular flexibility index (Phi) is 6.40. The van der Waals surface area contributed by atoms with Gasteiger partial charge in [0.25, 0.3) is 0 Å². The number of para-hydroxylation sites is 1. The molecule has 220 valence electrons. The third kappa shape index (κ3) is 4.31. The lowest BCUT2D eigenvalue weighted by Crippen LogP contribution is -2.46. The van der Waals surface area contributed by atoms with Crippen molar-refractivity contribution >= 4 is 27.1 Å². The lowest BCUT2D eigenvalue weighted by Gasteiger charge is -2.45. The number of carbonyl (C=O) groups excluding carboxylic acids is 1. The fraction of sp³-hybridized carbons (Fsp3) is 0.406. The second-order valence-corrected chi connectivity index (χ2v) is 13.3. The van der Waals surface area contributed by atoms with Crippen LogP contribution in [-0.4, -0.2) is 25.9 Å². The number of nitrogens with two attached hydrogens (primary N) is 1. The molecule has 0 spiro atoms. The number of H-pyrrole nitrogens is 1. The molecule has 0 radical (unpaired) electrons. The highest BCUT2D eigenvalue weighted by Gasteiger charge is 2.48. The molecule has 2 heterocycles. The SMILES string of the molecule is CCC1=C2C(OS(N)(=O)=O)=CC3=C(NNC4=C3CC3=C4C(C(=O)NCCc4c[nH]c5ccccc45)CC3)C2(C)CCC1. The number of benzene rings is 1. The first kappa shape index (κ1) is 27.1. The van der Waals surface area contributed by atoms with Gasteiger partial charge in [-0.2, -0.15) is 13.6 Å². The van der Waals surface area contributed by atoms with Crippen molar-refractivity contribution < 1.29 is 17.4 Å². The molecule has 1 aliphatic heterocycles. The molecule has 1 aromatic heterocycles. The van der Waals surface area contributed by atoms with Gasteiger partial charge in [-0.1, -0.05) is 36.3 Å². The predicted molar refractivity (Wildman–Crippen MR) is 161 cm³/mol. The van der Waals surface area contributed by atoms with Gasteiger partial charge in [-0.3, -0.25) is 4.79 Å².